The molecule has 5 nitrogen and oxygen atoms in total. The quantitative estimate of drug-likeness (QED) is 0.460. The number of carbonyl (C=O) groups excluding carboxylic acids is 2. The van der Waals surface area contributed by atoms with Crippen LogP contribution in [0.1, 0.15) is 59.7 Å². The summed E-state index contributed by atoms with van der Waals surface area (Å²) < 4.78 is 15.1. The van der Waals surface area contributed by atoms with E-state index in [9.17, 15) is 9.59 Å². The summed E-state index contributed by atoms with van der Waals surface area (Å²) in [5.74, 6) is -1.03. The van der Waals surface area contributed by atoms with Gasteiger partial charge in [-0.25, -0.2) is 9.59 Å². The first-order valence-electron chi connectivity index (χ1n) is 8.13. The molecule has 1 aromatic carbocycles. The Morgan fingerprint density at radius 3 is 1.96 bits per heavy atom. The van der Waals surface area contributed by atoms with Crippen molar-refractivity contribution in [3.63, 3.8) is 0 Å². The van der Waals surface area contributed by atoms with Gasteiger partial charge in [0.2, 0.25) is 0 Å². The molecule has 0 aliphatic rings. The number of unbranched alkanes of at least 4 members (excludes halogenated alkanes) is 4. The Labute approximate surface area is 137 Å². The zero-order chi connectivity index (χ0) is 16.9. The molecule has 1 rings (SSSR count). The molecular formula is C18H26O5. The average molecular weight is 322 g/mol. The minimum atomic E-state index is -0.544. The van der Waals surface area contributed by atoms with E-state index in [0.29, 0.717) is 13.2 Å². The monoisotopic (exact) mass is 322 g/mol. The summed E-state index contributed by atoms with van der Waals surface area (Å²) in [4.78, 5) is 24.1. The van der Waals surface area contributed by atoms with E-state index in [4.69, 9.17) is 14.2 Å². The van der Waals surface area contributed by atoms with Gasteiger partial charge in [-0.2, -0.15) is 0 Å². The molecule has 5 heteroatoms. The lowest BCUT2D eigenvalue weighted by molar-refractivity contribution is 0.0372. The van der Waals surface area contributed by atoms with Gasteiger partial charge in [0.05, 0.1) is 24.3 Å². The highest BCUT2D eigenvalue weighted by atomic mass is 16.6. The van der Waals surface area contributed by atoms with Crippen molar-refractivity contribution in [2.75, 3.05) is 26.9 Å². The largest absolute Gasteiger partial charge is 0.462 e. The van der Waals surface area contributed by atoms with Crippen LogP contribution in [0.3, 0.4) is 0 Å². The third kappa shape index (κ3) is 7.28. The van der Waals surface area contributed by atoms with Crippen molar-refractivity contribution in [2.24, 2.45) is 0 Å². The molecule has 0 atom stereocenters. The van der Waals surface area contributed by atoms with Gasteiger partial charge in [0.15, 0.2) is 0 Å². The summed E-state index contributed by atoms with van der Waals surface area (Å²) in [6.07, 6.45) is 5.41. The number of methoxy groups -OCH3 is 1. The number of carbonyl (C=O) groups is 2. The second kappa shape index (κ2) is 11.7. The minimum absolute atomic E-state index is 0.149. The maximum atomic E-state index is 12.1. The van der Waals surface area contributed by atoms with Crippen molar-refractivity contribution >= 4 is 11.9 Å². The van der Waals surface area contributed by atoms with Crippen molar-refractivity contribution in [3.8, 4) is 0 Å². The summed E-state index contributed by atoms with van der Waals surface area (Å²) in [6.45, 7) is 2.99. The smallest absolute Gasteiger partial charge is 0.339 e. The average Bonchev–Trinajstić information content (AvgIpc) is 2.58. The molecule has 23 heavy (non-hydrogen) atoms. The van der Waals surface area contributed by atoms with Crippen LogP contribution in [-0.4, -0.2) is 38.9 Å². The predicted molar refractivity (Wildman–Crippen MR) is 87.6 cm³/mol. The lowest BCUT2D eigenvalue weighted by Crippen LogP contribution is -2.16. The SMILES string of the molecule is CCCCCCCOC(=O)c1ccccc1C(=O)OCCOC. The summed E-state index contributed by atoms with van der Waals surface area (Å²) >= 11 is 0. The second-order valence-corrected chi connectivity index (χ2v) is 5.22. The van der Waals surface area contributed by atoms with E-state index < -0.39 is 11.9 Å². The first-order chi connectivity index (χ1) is 11.2. The van der Waals surface area contributed by atoms with Crippen molar-refractivity contribution in [3.05, 3.63) is 35.4 Å². The molecule has 0 fully saturated rings. The van der Waals surface area contributed by atoms with Crippen LogP contribution >= 0.6 is 0 Å². The van der Waals surface area contributed by atoms with Gasteiger partial charge in [0.1, 0.15) is 6.61 Å². The van der Waals surface area contributed by atoms with Crippen LogP contribution in [0.2, 0.25) is 0 Å². The van der Waals surface area contributed by atoms with E-state index in [-0.39, 0.29) is 17.7 Å². The van der Waals surface area contributed by atoms with E-state index in [1.165, 1.54) is 20.0 Å². The van der Waals surface area contributed by atoms with Crippen LogP contribution in [0, 0.1) is 0 Å². The maximum absolute atomic E-state index is 12.1. The summed E-state index contributed by atoms with van der Waals surface area (Å²) in [5.41, 5.74) is 0.461. The lowest BCUT2D eigenvalue weighted by atomic mass is 10.1. The highest BCUT2D eigenvalue weighted by Gasteiger charge is 2.18. The van der Waals surface area contributed by atoms with Crippen molar-refractivity contribution in [1.29, 1.82) is 0 Å². The minimum Gasteiger partial charge on any atom is -0.462 e. The van der Waals surface area contributed by atoms with Gasteiger partial charge in [-0.15, -0.1) is 0 Å². The van der Waals surface area contributed by atoms with Crippen LogP contribution in [0.15, 0.2) is 24.3 Å². The van der Waals surface area contributed by atoms with E-state index in [1.807, 2.05) is 0 Å². The van der Waals surface area contributed by atoms with E-state index in [2.05, 4.69) is 6.92 Å². The molecule has 0 saturated heterocycles. The number of rotatable bonds is 11. The number of hydrogen-bond acceptors (Lipinski definition) is 5. The standard InChI is InChI=1S/C18H26O5/c1-3-4-5-6-9-12-22-17(19)15-10-7-8-11-16(15)18(20)23-14-13-21-2/h7-8,10-11H,3-6,9,12-14H2,1-2H3. The Balaban J connectivity index is 2.51. The number of hydrogen-bond donors (Lipinski definition) is 0. The normalized spacial score (nSPS) is 10.3. The highest BCUT2D eigenvalue weighted by molar-refractivity contribution is 6.03. The molecule has 0 amide bonds. The van der Waals surface area contributed by atoms with E-state index >= 15 is 0 Å². The Bertz CT molecular complexity index is 484. The van der Waals surface area contributed by atoms with Gasteiger partial charge in [0.25, 0.3) is 0 Å². The molecule has 0 radical (unpaired) electrons. The third-order valence-corrected chi connectivity index (χ3v) is 3.37. The Morgan fingerprint density at radius 1 is 0.826 bits per heavy atom. The summed E-state index contributed by atoms with van der Waals surface area (Å²) in [7, 11) is 1.53. The fraction of sp³-hybridized carbons (Fsp3) is 0.556. The molecule has 0 heterocycles. The number of esters is 2. The van der Waals surface area contributed by atoms with Gasteiger partial charge in [-0.1, -0.05) is 44.7 Å². The highest BCUT2D eigenvalue weighted by Crippen LogP contribution is 2.12. The molecule has 0 aliphatic carbocycles. The summed E-state index contributed by atoms with van der Waals surface area (Å²) in [5, 5.41) is 0. The second-order valence-electron chi connectivity index (χ2n) is 5.22. The maximum Gasteiger partial charge on any atom is 0.339 e. The Hall–Kier alpha value is -1.88. The van der Waals surface area contributed by atoms with Gasteiger partial charge in [0, 0.05) is 7.11 Å². The van der Waals surface area contributed by atoms with E-state index in [1.54, 1.807) is 24.3 Å². The molecule has 1 aromatic rings. The molecule has 0 saturated carbocycles. The zero-order valence-electron chi connectivity index (χ0n) is 14.0. The van der Waals surface area contributed by atoms with Gasteiger partial charge >= 0.3 is 11.9 Å². The molecule has 0 aliphatic heterocycles. The van der Waals surface area contributed by atoms with Gasteiger partial charge in [-0.3, -0.25) is 0 Å². The third-order valence-electron chi connectivity index (χ3n) is 3.37. The van der Waals surface area contributed by atoms with Crippen molar-refractivity contribution in [1.82, 2.24) is 0 Å². The fourth-order valence-electron chi connectivity index (χ4n) is 2.08. The van der Waals surface area contributed by atoms with Gasteiger partial charge in [-0.05, 0) is 18.6 Å². The predicted octanol–water partition coefficient (Wildman–Crippen LogP) is 3.62. The molecule has 0 N–H and O–H groups in total. The van der Waals surface area contributed by atoms with Crippen LogP contribution < -0.4 is 0 Å². The van der Waals surface area contributed by atoms with Crippen LogP contribution in [0.25, 0.3) is 0 Å². The van der Waals surface area contributed by atoms with Crippen LogP contribution in [-0.2, 0) is 14.2 Å². The zero-order valence-corrected chi connectivity index (χ0v) is 14.0. The van der Waals surface area contributed by atoms with Crippen molar-refractivity contribution in [2.45, 2.75) is 39.0 Å². The van der Waals surface area contributed by atoms with E-state index in [0.717, 1.165) is 19.3 Å². The topological polar surface area (TPSA) is 61.8 Å². The number of benzene rings is 1. The molecule has 128 valence electrons. The Morgan fingerprint density at radius 2 is 1.39 bits per heavy atom. The van der Waals surface area contributed by atoms with Crippen molar-refractivity contribution < 1.29 is 23.8 Å². The molecule has 0 bridgehead atoms. The molecule has 0 spiro atoms. The molecule has 0 unspecified atom stereocenters. The summed E-state index contributed by atoms with van der Waals surface area (Å²) in [6, 6.07) is 6.53. The van der Waals surface area contributed by atoms with Gasteiger partial charge < -0.3 is 14.2 Å². The Kier molecular flexibility index (Phi) is 9.71. The number of ether oxygens (including phenoxy) is 3. The lowest BCUT2D eigenvalue weighted by Gasteiger charge is -2.09. The molecular weight excluding hydrogens is 296 g/mol. The first-order valence-corrected chi connectivity index (χ1v) is 8.13. The first kappa shape index (κ1) is 19.2. The fourth-order valence-corrected chi connectivity index (χ4v) is 2.08. The molecule has 0 aromatic heterocycles. The van der Waals surface area contributed by atoms with Crippen LogP contribution in [0.5, 0.6) is 0 Å². The van der Waals surface area contributed by atoms with Crippen LogP contribution in [0.4, 0.5) is 0 Å².